The van der Waals surface area contributed by atoms with Crippen LogP contribution in [0.15, 0.2) is 30.3 Å². The van der Waals surface area contributed by atoms with Crippen LogP contribution in [0.3, 0.4) is 0 Å². The number of hydrogen-bond donors (Lipinski definition) is 1. The van der Waals surface area contributed by atoms with Gasteiger partial charge in [-0.15, -0.1) is 14.8 Å². The van der Waals surface area contributed by atoms with E-state index in [9.17, 15) is 8.78 Å². The fourth-order valence-corrected chi connectivity index (χ4v) is 3.20. The van der Waals surface area contributed by atoms with E-state index < -0.39 is 11.6 Å². The fraction of sp³-hybridized carbons (Fsp3) is 0.333. The smallest absolute Gasteiger partial charge is 0.200 e. The van der Waals surface area contributed by atoms with Gasteiger partial charge in [0.15, 0.2) is 17.3 Å². The second-order valence-corrected chi connectivity index (χ2v) is 5.88. The van der Waals surface area contributed by atoms with Crippen molar-refractivity contribution in [3.63, 3.8) is 0 Å². The first-order chi connectivity index (χ1) is 11.6. The maximum atomic E-state index is 13.6. The number of likely N-dealkylation sites (N-methyl/N-ethyl adjacent to an activating group) is 1. The monoisotopic (exact) mass is 331 g/mol. The molecule has 0 unspecified atom stereocenters. The Hall–Kier alpha value is -2.68. The van der Waals surface area contributed by atoms with Crippen LogP contribution in [0.2, 0.25) is 0 Å². The number of nitrogens with one attached hydrogen (secondary N) is 1. The lowest BCUT2D eigenvalue weighted by atomic mass is 10.00. The van der Waals surface area contributed by atoms with Gasteiger partial charge in [0.05, 0.1) is 6.04 Å². The van der Waals surface area contributed by atoms with Crippen molar-refractivity contribution in [1.82, 2.24) is 30.2 Å². The van der Waals surface area contributed by atoms with Crippen LogP contribution in [0.5, 0.6) is 0 Å². The molecule has 0 radical (unpaired) electrons. The zero-order valence-corrected chi connectivity index (χ0v) is 12.9. The van der Waals surface area contributed by atoms with Gasteiger partial charge in [-0.1, -0.05) is 6.07 Å². The number of anilines is 1. The third kappa shape index (κ3) is 2.56. The van der Waals surface area contributed by atoms with Crippen molar-refractivity contribution in [2.24, 2.45) is 0 Å². The Morgan fingerprint density at radius 1 is 1.17 bits per heavy atom. The Morgan fingerprint density at radius 2 is 2.04 bits per heavy atom. The van der Waals surface area contributed by atoms with Gasteiger partial charge in [-0.25, -0.2) is 8.78 Å². The Bertz CT molecular complexity index is 881. The van der Waals surface area contributed by atoms with Gasteiger partial charge >= 0.3 is 0 Å². The average Bonchev–Trinajstić information content (AvgIpc) is 3.17. The summed E-state index contributed by atoms with van der Waals surface area (Å²) in [5.74, 6) is -1.04. The molecule has 2 atom stereocenters. The second-order valence-electron chi connectivity index (χ2n) is 5.88. The number of hydrogen-bond acceptors (Lipinski definition) is 6. The van der Waals surface area contributed by atoms with Gasteiger partial charge in [0.1, 0.15) is 5.82 Å². The van der Waals surface area contributed by atoms with Crippen molar-refractivity contribution in [1.29, 1.82) is 0 Å². The molecule has 0 bridgehead atoms. The van der Waals surface area contributed by atoms with Crippen LogP contribution in [-0.4, -0.2) is 49.8 Å². The second kappa shape index (κ2) is 5.75. The normalized spacial score (nSPS) is 21.5. The van der Waals surface area contributed by atoms with Crippen molar-refractivity contribution < 1.29 is 8.78 Å². The highest BCUT2D eigenvalue weighted by molar-refractivity contribution is 5.43. The molecule has 1 N–H and O–H groups in total. The molecular weight excluding hydrogens is 316 g/mol. The lowest BCUT2D eigenvalue weighted by Gasteiger charge is -2.26. The molecular formula is C15H15F2N7. The van der Waals surface area contributed by atoms with Gasteiger partial charge in [0.25, 0.3) is 0 Å². The molecule has 124 valence electrons. The molecule has 1 fully saturated rings. The maximum Gasteiger partial charge on any atom is 0.200 e. The number of halogens is 2. The minimum absolute atomic E-state index is 0.0151. The van der Waals surface area contributed by atoms with E-state index in [0.717, 1.165) is 18.5 Å². The lowest BCUT2D eigenvalue weighted by molar-refractivity contribution is 0.307. The van der Waals surface area contributed by atoms with E-state index in [2.05, 4.69) is 30.8 Å². The number of benzene rings is 1. The number of likely N-dealkylation sites (tertiary alicyclic amines) is 1. The molecule has 1 saturated heterocycles. The largest absolute Gasteiger partial charge is 0.364 e. The van der Waals surface area contributed by atoms with Gasteiger partial charge in [-0.3, -0.25) is 4.90 Å². The molecule has 24 heavy (non-hydrogen) atoms. The summed E-state index contributed by atoms with van der Waals surface area (Å²) >= 11 is 0. The zero-order chi connectivity index (χ0) is 16.7. The molecule has 2 aromatic heterocycles. The van der Waals surface area contributed by atoms with E-state index in [1.165, 1.54) is 16.8 Å². The van der Waals surface area contributed by atoms with Gasteiger partial charge in [0.2, 0.25) is 0 Å². The first-order valence-electron chi connectivity index (χ1n) is 7.59. The van der Waals surface area contributed by atoms with Crippen LogP contribution in [-0.2, 0) is 0 Å². The minimum atomic E-state index is -0.838. The predicted octanol–water partition coefficient (Wildman–Crippen LogP) is 1.65. The summed E-state index contributed by atoms with van der Waals surface area (Å²) in [5, 5.41) is 18.8. The molecule has 0 amide bonds. The molecule has 3 aromatic rings. The number of aromatic nitrogens is 5. The first-order valence-corrected chi connectivity index (χ1v) is 7.59. The van der Waals surface area contributed by atoms with E-state index in [1.807, 2.05) is 7.05 Å². The Labute approximate surface area is 136 Å². The van der Waals surface area contributed by atoms with Crippen LogP contribution in [0, 0.1) is 11.6 Å². The van der Waals surface area contributed by atoms with Crippen molar-refractivity contribution in [2.75, 3.05) is 18.9 Å². The lowest BCUT2D eigenvalue weighted by Crippen LogP contribution is -2.29. The summed E-state index contributed by atoms with van der Waals surface area (Å²) in [6.45, 7) is 0.842. The zero-order valence-electron chi connectivity index (χ0n) is 12.9. The van der Waals surface area contributed by atoms with Crippen molar-refractivity contribution in [2.45, 2.75) is 18.5 Å². The highest BCUT2D eigenvalue weighted by atomic mass is 19.2. The molecule has 0 spiro atoms. The summed E-state index contributed by atoms with van der Waals surface area (Å²) in [6.07, 6.45) is 0.857. The predicted molar refractivity (Wildman–Crippen MR) is 82.3 cm³/mol. The highest BCUT2D eigenvalue weighted by Crippen LogP contribution is 2.33. The van der Waals surface area contributed by atoms with E-state index in [1.54, 1.807) is 18.2 Å². The van der Waals surface area contributed by atoms with Crippen molar-refractivity contribution in [3.05, 3.63) is 47.5 Å². The topological polar surface area (TPSA) is 71.2 Å². The molecule has 3 heterocycles. The Balaban J connectivity index is 1.62. The molecule has 7 nitrogen and oxygen atoms in total. The first kappa shape index (κ1) is 14.9. The van der Waals surface area contributed by atoms with E-state index in [4.69, 9.17) is 0 Å². The number of tetrazole rings is 1. The van der Waals surface area contributed by atoms with Crippen LogP contribution in [0.1, 0.15) is 18.0 Å². The van der Waals surface area contributed by atoms with Gasteiger partial charge < -0.3 is 5.32 Å². The summed E-state index contributed by atoms with van der Waals surface area (Å²) in [7, 11) is 1.96. The Kier molecular flexibility index (Phi) is 3.57. The van der Waals surface area contributed by atoms with Crippen molar-refractivity contribution in [3.8, 4) is 0 Å². The molecule has 1 aliphatic heterocycles. The average molecular weight is 331 g/mol. The third-order valence-electron chi connectivity index (χ3n) is 4.34. The summed E-state index contributed by atoms with van der Waals surface area (Å²) in [6, 6.07) is 7.55. The van der Waals surface area contributed by atoms with Crippen LogP contribution in [0.25, 0.3) is 5.65 Å². The quantitative estimate of drug-likeness (QED) is 0.787. The number of fused-ring (bicyclic) bond motifs is 1. The third-order valence-corrected chi connectivity index (χ3v) is 4.34. The molecule has 9 heteroatoms. The van der Waals surface area contributed by atoms with Gasteiger partial charge in [-0.2, -0.15) is 0 Å². The number of rotatable bonds is 3. The molecule has 0 saturated carbocycles. The SMILES string of the molecule is CN1CC[C@@H](Nc2ccc3nnnn3n2)[C@@H]1c1ccc(F)c(F)c1. The maximum absolute atomic E-state index is 13.6. The van der Waals surface area contributed by atoms with Crippen molar-refractivity contribution >= 4 is 11.5 Å². The van der Waals surface area contributed by atoms with Crippen LogP contribution < -0.4 is 5.32 Å². The summed E-state index contributed by atoms with van der Waals surface area (Å²) in [4.78, 5) is 2.11. The minimum Gasteiger partial charge on any atom is -0.364 e. The highest BCUT2D eigenvalue weighted by Gasteiger charge is 2.33. The summed E-state index contributed by atoms with van der Waals surface area (Å²) < 4.78 is 28.2. The van der Waals surface area contributed by atoms with E-state index >= 15 is 0 Å². The molecule has 0 aliphatic carbocycles. The molecule has 4 rings (SSSR count). The van der Waals surface area contributed by atoms with Gasteiger partial charge in [0, 0.05) is 12.6 Å². The Morgan fingerprint density at radius 3 is 2.88 bits per heavy atom. The van der Waals surface area contributed by atoms with Gasteiger partial charge in [-0.05, 0) is 53.7 Å². The van der Waals surface area contributed by atoms with Crippen LogP contribution >= 0.6 is 0 Å². The standard InChI is InChI=1S/C15H15F2N7/c1-23-7-6-12(15(23)9-2-3-10(16)11(17)8-9)18-13-4-5-14-19-21-22-24(14)20-13/h2-5,8,12,15H,6-7H2,1H3,(H,18,20)/t12-,15+/m1/s1. The summed E-state index contributed by atoms with van der Waals surface area (Å²) in [5.41, 5.74) is 1.29. The molecule has 1 aliphatic rings. The molecule has 1 aromatic carbocycles. The van der Waals surface area contributed by atoms with Crippen LogP contribution in [0.4, 0.5) is 14.6 Å². The number of nitrogens with zero attached hydrogens (tertiary/aromatic N) is 6. The van der Waals surface area contributed by atoms with E-state index in [0.29, 0.717) is 11.5 Å². The fourth-order valence-electron chi connectivity index (χ4n) is 3.20. The van der Waals surface area contributed by atoms with E-state index in [-0.39, 0.29) is 12.1 Å².